The molecule has 36 heavy (non-hydrogen) atoms. The summed E-state index contributed by atoms with van der Waals surface area (Å²) in [5.41, 5.74) is 0. The molecule has 0 heterocycles. The van der Waals surface area contributed by atoms with E-state index in [4.69, 9.17) is 5.11 Å². The van der Waals surface area contributed by atoms with Crippen molar-refractivity contribution in [2.45, 2.75) is 175 Å². The highest BCUT2D eigenvalue weighted by Gasteiger charge is 2.09. The highest BCUT2D eigenvalue weighted by atomic mass is 17.2. The summed E-state index contributed by atoms with van der Waals surface area (Å²) >= 11 is 0. The minimum atomic E-state index is -0.663. The fourth-order valence-corrected chi connectivity index (χ4v) is 3.86. The molecule has 0 bridgehead atoms. The van der Waals surface area contributed by atoms with Crippen molar-refractivity contribution in [2.24, 2.45) is 0 Å². The van der Waals surface area contributed by atoms with Gasteiger partial charge in [0.2, 0.25) is 0 Å². The van der Waals surface area contributed by atoms with Gasteiger partial charge in [0.1, 0.15) is 0 Å². The molecule has 0 aliphatic heterocycles. The Morgan fingerprint density at radius 2 is 0.667 bits per heavy atom. The van der Waals surface area contributed by atoms with Crippen LogP contribution in [0.25, 0.3) is 0 Å². The molecule has 0 saturated heterocycles. The zero-order valence-electron chi connectivity index (χ0n) is 24.0. The number of carboxylic acids is 1. The summed E-state index contributed by atoms with van der Waals surface area (Å²) in [6.45, 7) is 6.60. The molecule has 0 amide bonds. The Kier molecular flexibility index (Phi) is 31.9. The standard InChI is InChI=1S/C20H38O4.C10H20O2/c1-3-5-7-9-11-13-15-17-19(21)23-24-20(22)18-16-14-12-10-8-6-4-2;1-2-3-4-5-6-7-8-9-10(11)12/h3-18H2,1-2H3;2-9H2,1H3,(H,11,12). The molecule has 0 aromatic heterocycles. The van der Waals surface area contributed by atoms with Crippen LogP contribution in [0.15, 0.2) is 0 Å². The molecule has 6 heteroatoms. The molecule has 6 nitrogen and oxygen atoms in total. The van der Waals surface area contributed by atoms with Crippen molar-refractivity contribution in [1.82, 2.24) is 0 Å². The number of carboxylic acid groups (broad SMARTS) is 1. The molecule has 0 aromatic rings. The van der Waals surface area contributed by atoms with E-state index in [9.17, 15) is 14.4 Å². The van der Waals surface area contributed by atoms with Crippen LogP contribution in [0.2, 0.25) is 0 Å². The third-order valence-corrected chi connectivity index (χ3v) is 6.19. The third kappa shape index (κ3) is 34.6. The second-order valence-electron chi connectivity index (χ2n) is 9.92. The minimum absolute atomic E-state index is 0.332. The van der Waals surface area contributed by atoms with E-state index >= 15 is 0 Å². The highest BCUT2D eigenvalue weighted by Crippen LogP contribution is 2.11. The van der Waals surface area contributed by atoms with Crippen LogP contribution in [0.5, 0.6) is 0 Å². The molecule has 214 valence electrons. The Morgan fingerprint density at radius 1 is 0.417 bits per heavy atom. The first-order chi connectivity index (χ1) is 17.5. The lowest BCUT2D eigenvalue weighted by Gasteiger charge is -2.04. The SMILES string of the molecule is CCCCCCCCCC(=O)O.CCCCCCCCCC(=O)OOC(=O)CCCCCCCCC. The number of aliphatic carboxylic acids is 1. The number of unbranched alkanes of at least 4 members (excludes halogenated alkanes) is 18. The van der Waals surface area contributed by atoms with E-state index in [0.29, 0.717) is 19.3 Å². The predicted molar refractivity (Wildman–Crippen MR) is 148 cm³/mol. The van der Waals surface area contributed by atoms with Crippen molar-refractivity contribution in [3.8, 4) is 0 Å². The lowest BCUT2D eigenvalue weighted by Crippen LogP contribution is -2.11. The first-order valence-electron chi connectivity index (χ1n) is 15.1. The second-order valence-corrected chi connectivity index (χ2v) is 9.92. The average Bonchev–Trinajstić information content (AvgIpc) is 2.86. The van der Waals surface area contributed by atoms with Gasteiger partial charge in [-0.15, -0.1) is 0 Å². The molecular formula is C30H58O6. The van der Waals surface area contributed by atoms with Gasteiger partial charge in [-0.1, -0.05) is 136 Å². The summed E-state index contributed by atoms with van der Waals surface area (Å²) in [5, 5.41) is 8.35. The van der Waals surface area contributed by atoms with Gasteiger partial charge in [0.15, 0.2) is 0 Å². The van der Waals surface area contributed by atoms with Crippen LogP contribution in [-0.4, -0.2) is 23.0 Å². The van der Waals surface area contributed by atoms with Crippen molar-refractivity contribution in [2.75, 3.05) is 0 Å². The fraction of sp³-hybridized carbons (Fsp3) is 0.900. The van der Waals surface area contributed by atoms with Crippen LogP contribution >= 0.6 is 0 Å². The molecule has 0 rings (SSSR count). The molecule has 0 aliphatic rings. The monoisotopic (exact) mass is 514 g/mol. The fourth-order valence-electron chi connectivity index (χ4n) is 3.86. The van der Waals surface area contributed by atoms with Gasteiger partial charge in [0.05, 0.1) is 12.8 Å². The molecule has 0 radical (unpaired) electrons. The second kappa shape index (κ2) is 31.4. The van der Waals surface area contributed by atoms with Crippen molar-refractivity contribution >= 4 is 17.9 Å². The summed E-state index contributed by atoms with van der Waals surface area (Å²) in [5.74, 6) is -1.53. The zero-order chi connectivity index (χ0) is 27.1. The van der Waals surface area contributed by atoms with Gasteiger partial charge in [-0.25, -0.2) is 19.4 Å². The van der Waals surface area contributed by atoms with Crippen LogP contribution < -0.4 is 0 Å². The first-order valence-corrected chi connectivity index (χ1v) is 15.1. The van der Waals surface area contributed by atoms with E-state index in [-0.39, 0.29) is 0 Å². The van der Waals surface area contributed by atoms with Gasteiger partial charge in [-0.3, -0.25) is 4.79 Å². The summed E-state index contributed by atoms with van der Waals surface area (Å²) in [6, 6.07) is 0. The molecule has 0 saturated carbocycles. The Bertz CT molecular complexity index is 462. The number of carbonyl (C=O) groups excluding carboxylic acids is 2. The van der Waals surface area contributed by atoms with E-state index in [1.807, 2.05) is 0 Å². The van der Waals surface area contributed by atoms with E-state index in [1.165, 1.54) is 83.5 Å². The topological polar surface area (TPSA) is 89.9 Å². The molecule has 1 N–H and O–H groups in total. The molecule has 0 unspecified atom stereocenters. The van der Waals surface area contributed by atoms with E-state index < -0.39 is 17.9 Å². The maximum Gasteiger partial charge on any atom is 0.355 e. The van der Waals surface area contributed by atoms with Crippen LogP contribution in [-0.2, 0) is 24.2 Å². The van der Waals surface area contributed by atoms with Crippen molar-refractivity contribution in [3.63, 3.8) is 0 Å². The lowest BCUT2D eigenvalue weighted by molar-refractivity contribution is -0.259. The number of hydrogen-bond donors (Lipinski definition) is 1. The summed E-state index contributed by atoms with van der Waals surface area (Å²) in [6.07, 6.45) is 25.4. The van der Waals surface area contributed by atoms with E-state index in [2.05, 4.69) is 30.5 Å². The molecule has 0 atom stereocenters. The van der Waals surface area contributed by atoms with Crippen LogP contribution in [0.3, 0.4) is 0 Å². The smallest absolute Gasteiger partial charge is 0.355 e. The average molecular weight is 515 g/mol. The summed E-state index contributed by atoms with van der Waals surface area (Å²) < 4.78 is 0. The predicted octanol–water partition coefficient (Wildman–Crippen LogP) is 9.48. The van der Waals surface area contributed by atoms with E-state index in [0.717, 1.165) is 51.4 Å². The number of rotatable bonds is 24. The molecule has 0 fully saturated rings. The summed E-state index contributed by atoms with van der Waals surface area (Å²) in [7, 11) is 0. The molecule has 0 spiro atoms. The first kappa shape index (κ1) is 36.6. The van der Waals surface area contributed by atoms with Gasteiger partial charge in [0, 0.05) is 6.42 Å². The van der Waals surface area contributed by atoms with Crippen LogP contribution in [0.1, 0.15) is 175 Å². The van der Waals surface area contributed by atoms with Gasteiger partial charge in [-0.05, 0) is 19.3 Å². The van der Waals surface area contributed by atoms with Crippen LogP contribution in [0.4, 0.5) is 0 Å². The van der Waals surface area contributed by atoms with Gasteiger partial charge in [-0.2, -0.15) is 0 Å². The largest absolute Gasteiger partial charge is 0.481 e. The van der Waals surface area contributed by atoms with Crippen LogP contribution in [0, 0.1) is 0 Å². The minimum Gasteiger partial charge on any atom is -0.481 e. The molecule has 0 aromatic carbocycles. The van der Waals surface area contributed by atoms with E-state index in [1.54, 1.807) is 0 Å². The van der Waals surface area contributed by atoms with Crippen molar-refractivity contribution in [1.29, 1.82) is 0 Å². The van der Waals surface area contributed by atoms with Crippen molar-refractivity contribution in [3.05, 3.63) is 0 Å². The Hall–Kier alpha value is -1.59. The number of carbonyl (C=O) groups is 3. The Labute approximate surface area is 222 Å². The number of hydrogen-bond acceptors (Lipinski definition) is 5. The lowest BCUT2D eigenvalue weighted by atomic mass is 10.1. The van der Waals surface area contributed by atoms with Crippen molar-refractivity contribution < 1.29 is 29.3 Å². The molecular weight excluding hydrogens is 456 g/mol. The zero-order valence-corrected chi connectivity index (χ0v) is 24.0. The Balaban J connectivity index is 0. The highest BCUT2D eigenvalue weighted by molar-refractivity contribution is 5.72. The molecule has 0 aliphatic carbocycles. The third-order valence-electron chi connectivity index (χ3n) is 6.19. The maximum absolute atomic E-state index is 11.5. The van der Waals surface area contributed by atoms with Gasteiger partial charge < -0.3 is 5.11 Å². The van der Waals surface area contributed by atoms with Gasteiger partial charge in [0.25, 0.3) is 0 Å². The summed E-state index contributed by atoms with van der Waals surface area (Å²) in [4.78, 5) is 42.2. The van der Waals surface area contributed by atoms with Gasteiger partial charge >= 0.3 is 17.9 Å². The Morgan fingerprint density at radius 3 is 0.944 bits per heavy atom. The quantitative estimate of drug-likeness (QED) is 0.0783. The normalized spacial score (nSPS) is 10.4. The maximum atomic E-state index is 11.5.